The SMILES string of the molecule is CC(C)(C)OC(=O)N1CCCN[C@H](CO)C1. The normalized spacial score (nSPS) is 22.8. The molecule has 1 amide bonds. The molecule has 0 radical (unpaired) electrons. The van der Waals surface area contributed by atoms with Crippen LogP contribution in [0.1, 0.15) is 27.2 Å². The number of nitrogens with one attached hydrogen (secondary N) is 1. The van der Waals surface area contributed by atoms with Crippen LogP contribution in [-0.2, 0) is 4.74 Å². The Labute approximate surface area is 96.8 Å². The topological polar surface area (TPSA) is 61.8 Å². The van der Waals surface area contributed by atoms with Gasteiger partial charge in [-0.3, -0.25) is 0 Å². The molecule has 1 atom stereocenters. The van der Waals surface area contributed by atoms with Crippen molar-refractivity contribution in [2.75, 3.05) is 26.2 Å². The first-order valence-electron chi connectivity index (χ1n) is 5.74. The van der Waals surface area contributed by atoms with Crippen LogP contribution in [0.4, 0.5) is 4.79 Å². The minimum atomic E-state index is -0.467. The molecule has 0 aromatic heterocycles. The van der Waals surface area contributed by atoms with Crippen molar-refractivity contribution < 1.29 is 14.6 Å². The monoisotopic (exact) mass is 230 g/mol. The van der Waals surface area contributed by atoms with E-state index in [0.29, 0.717) is 13.1 Å². The fourth-order valence-electron chi connectivity index (χ4n) is 1.61. The van der Waals surface area contributed by atoms with Gasteiger partial charge in [0, 0.05) is 19.1 Å². The lowest BCUT2D eigenvalue weighted by Gasteiger charge is -2.27. The van der Waals surface area contributed by atoms with Crippen LogP contribution in [0, 0.1) is 0 Å². The molecule has 0 unspecified atom stereocenters. The average molecular weight is 230 g/mol. The second-order valence-corrected chi connectivity index (χ2v) is 5.11. The first kappa shape index (κ1) is 13.3. The van der Waals surface area contributed by atoms with Crippen molar-refractivity contribution in [3.8, 4) is 0 Å². The molecule has 2 N–H and O–H groups in total. The minimum absolute atomic E-state index is 0.0410. The third-order valence-electron chi connectivity index (χ3n) is 2.35. The van der Waals surface area contributed by atoms with Gasteiger partial charge in [0.15, 0.2) is 0 Å². The van der Waals surface area contributed by atoms with Crippen LogP contribution in [0.3, 0.4) is 0 Å². The zero-order chi connectivity index (χ0) is 12.2. The summed E-state index contributed by atoms with van der Waals surface area (Å²) >= 11 is 0. The van der Waals surface area contributed by atoms with Gasteiger partial charge in [0.2, 0.25) is 0 Å². The van der Waals surface area contributed by atoms with Gasteiger partial charge in [-0.2, -0.15) is 0 Å². The molecule has 1 rings (SSSR count). The maximum atomic E-state index is 11.8. The number of amides is 1. The second kappa shape index (κ2) is 5.50. The van der Waals surface area contributed by atoms with Gasteiger partial charge in [-0.05, 0) is 33.7 Å². The van der Waals surface area contributed by atoms with Crippen LogP contribution in [-0.4, -0.2) is 54.0 Å². The minimum Gasteiger partial charge on any atom is -0.444 e. The molecular formula is C11H22N2O3. The highest BCUT2D eigenvalue weighted by Gasteiger charge is 2.25. The predicted molar refractivity (Wildman–Crippen MR) is 61.3 cm³/mol. The van der Waals surface area contributed by atoms with Crippen molar-refractivity contribution in [1.29, 1.82) is 0 Å². The zero-order valence-electron chi connectivity index (χ0n) is 10.3. The van der Waals surface area contributed by atoms with Gasteiger partial charge < -0.3 is 20.1 Å². The summed E-state index contributed by atoms with van der Waals surface area (Å²) in [4.78, 5) is 13.5. The van der Waals surface area contributed by atoms with Crippen LogP contribution in [0.5, 0.6) is 0 Å². The summed E-state index contributed by atoms with van der Waals surface area (Å²) in [5.41, 5.74) is -0.467. The Morgan fingerprint density at radius 2 is 2.25 bits per heavy atom. The Bertz CT molecular complexity index is 238. The molecule has 1 aliphatic heterocycles. The Kier molecular flexibility index (Phi) is 4.56. The highest BCUT2D eigenvalue weighted by Crippen LogP contribution is 2.11. The number of hydrogen-bond acceptors (Lipinski definition) is 4. The molecule has 0 saturated carbocycles. The zero-order valence-corrected chi connectivity index (χ0v) is 10.3. The lowest BCUT2D eigenvalue weighted by atomic mass is 10.2. The van der Waals surface area contributed by atoms with E-state index in [4.69, 9.17) is 9.84 Å². The van der Waals surface area contributed by atoms with Crippen molar-refractivity contribution in [2.45, 2.75) is 38.8 Å². The molecule has 1 fully saturated rings. The summed E-state index contributed by atoms with van der Waals surface area (Å²) in [6, 6.07) is -0.0463. The first-order valence-corrected chi connectivity index (χ1v) is 5.74. The third kappa shape index (κ3) is 4.37. The van der Waals surface area contributed by atoms with Crippen LogP contribution in [0.2, 0.25) is 0 Å². The predicted octanol–water partition coefficient (Wildman–Crippen LogP) is 0.578. The maximum absolute atomic E-state index is 11.8. The van der Waals surface area contributed by atoms with Crippen molar-refractivity contribution in [3.05, 3.63) is 0 Å². The van der Waals surface area contributed by atoms with Crippen LogP contribution < -0.4 is 5.32 Å². The van der Waals surface area contributed by atoms with Gasteiger partial charge in [0.1, 0.15) is 5.60 Å². The van der Waals surface area contributed by atoms with E-state index < -0.39 is 5.60 Å². The number of rotatable bonds is 1. The molecule has 0 aromatic rings. The van der Waals surface area contributed by atoms with Gasteiger partial charge in [0.25, 0.3) is 0 Å². The van der Waals surface area contributed by atoms with E-state index in [9.17, 15) is 4.79 Å². The number of aliphatic hydroxyl groups excluding tert-OH is 1. The summed E-state index contributed by atoms with van der Waals surface area (Å²) < 4.78 is 5.30. The quantitative estimate of drug-likeness (QED) is 0.691. The van der Waals surface area contributed by atoms with Gasteiger partial charge in [-0.25, -0.2) is 4.79 Å². The van der Waals surface area contributed by atoms with Gasteiger partial charge in [0.05, 0.1) is 6.61 Å². The van der Waals surface area contributed by atoms with Gasteiger partial charge in [-0.1, -0.05) is 0 Å². The summed E-state index contributed by atoms with van der Waals surface area (Å²) in [6.45, 7) is 7.60. The Balaban J connectivity index is 2.53. The first-order chi connectivity index (χ1) is 7.42. The molecule has 1 saturated heterocycles. The molecule has 0 bridgehead atoms. The van der Waals surface area contributed by atoms with E-state index >= 15 is 0 Å². The van der Waals surface area contributed by atoms with E-state index in [2.05, 4.69) is 5.32 Å². The Morgan fingerprint density at radius 3 is 2.81 bits per heavy atom. The van der Waals surface area contributed by atoms with Crippen LogP contribution in [0.15, 0.2) is 0 Å². The second-order valence-electron chi connectivity index (χ2n) is 5.11. The van der Waals surface area contributed by atoms with E-state index in [-0.39, 0.29) is 18.7 Å². The smallest absolute Gasteiger partial charge is 0.410 e. The van der Waals surface area contributed by atoms with Crippen molar-refractivity contribution in [1.82, 2.24) is 10.2 Å². The fraction of sp³-hybridized carbons (Fsp3) is 0.909. The maximum Gasteiger partial charge on any atom is 0.410 e. The number of nitrogens with zero attached hydrogens (tertiary/aromatic N) is 1. The van der Waals surface area contributed by atoms with E-state index in [1.54, 1.807) is 4.90 Å². The Morgan fingerprint density at radius 1 is 1.56 bits per heavy atom. The molecule has 0 spiro atoms. The summed E-state index contributed by atoms with van der Waals surface area (Å²) in [7, 11) is 0. The molecule has 94 valence electrons. The van der Waals surface area contributed by atoms with Crippen LogP contribution in [0.25, 0.3) is 0 Å². The van der Waals surface area contributed by atoms with E-state index in [0.717, 1.165) is 13.0 Å². The highest BCUT2D eigenvalue weighted by molar-refractivity contribution is 5.68. The van der Waals surface area contributed by atoms with Crippen LogP contribution >= 0.6 is 0 Å². The van der Waals surface area contributed by atoms with Crippen molar-refractivity contribution in [2.24, 2.45) is 0 Å². The van der Waals surface area contributed by atoms with Crippen molar-refractivity contribution in [3.63, 3.8) is 0 Å². The number of ether oxygens (including phenoxy) is 1. The lowest BCUT2D eigenvalue weighted by molar-refractivity contribution is 0.0237. The number of carbonyl (C=O) groups excluding carboxylic acids is 1. The van der Waals surface area contributed by atoms with Crippen molar-refractivity contribution >= 4 is 6.09 Å². The number of aliphatic hydroxyl groups is 1. The highest BCUT2D eigenvalue weighted by atomic mass is 16.6. The summed E-state index contributed by atoms with van der Waals surface area (Å²) in [5.74, 6) is 0. The Hall–Kier alpha value is -0.810. The molecular weight excluding hydrogens is 208 g/mol. The number of carbonyl (C=O) groups is 1. The average Bonchev–Trinajstić information content (AvgIpc) is 2.39. The molecule has 0 aromatic carbocycles. The molecule has 1 heterocycles. The summed E-state index contributed by atoms with van der Waals surface area (Å²) in [5, 5.41) is 12.3. The fourth-order valence-corrected chi connectivity index (χ4v) is 1.61. The standard InChI is InChI=1S/C11H22N2O3/c1-11(2,3)16-10(15)13-6-4-5-12-9(7-13)8-14/h9,12,14H,4-8H2,1-3H3/t9-/m0/s1. The molecule has 1 aliphatic rings. The molecule has 0 aliphatic carbocycles. The van der Waals surface area contributed by atoms with Gasteiger partial charge in [-0.15, -0.1) is 0 Å². The lowest BCUT2D eigenvalue weighted by Crippen LogP contribution is -2.44. The molecule has 16 heavy (non-hydrogen) atoms. The summed E-state index contributed by atoms with van der Waals surface area (Å²) in [6.07, 6.45) is 0.588. The van der Waals surface area contributed by atoms with E-state index in [1.807, 2.05) is 20.8 Å². The molecule has 5 heteroatoms. The number of hydrogen-bond donors (Lipinski definition) is 2. The third-order valence-corrected chi connectivity index (χ3v) is 2.35. The van der Waals surface area contributed by atoms with Gasteiger partial charge >= 0.3 is 6.09 Å². The molecule has 5 nitrogen and oxygen atoms in total. The largest absolute Gasteiger partial charge is 0.444 e. The van der Waals surface area contributed by atoms with E-state index in [1.165, 1.54) is 0 Å².